The summed E-state index contributed by atoms with van der Waals surface area (Å²) in [6, 6.07) is 2.75. The predicted octanol–water partition coefficient (Wildman–Crippen LogP) is 2.97. The molecule has 0 spiro atoms. The molecule has 2 aliphatic carbocycles. The summed E-state index contributed by atoms with van der Waals surface area (Å²) in [7, 11) is 0. The number of likely N-dealkylation sites (tertiary alicyclic amines) is 1. The summed E-state index contributed by atoms with van der Waals surface area (Å²) in [6.45, 7) is 2.39. The third kappa shape index (κ3) is 1.42. The van der Waals surface area contributed by atoms with Gasteiger partial charge in [-0.1, -0.05) is 31.9 Å². The van der Waals surface area contributed by atoms with Gasteiger partial charge in [-0.05, 0) is 31.6 Å². The van der Waals surface area contributed by atoms with E-state index in [1.165, 1.54) is 38.5 Å². The molecule has 1 nitrogen and oxygen atoms in total. The van der Waals surface area contributed by atoms with Crippen LogP contribution in [0.1, 0.15) is 45.4 Å². The molecule has 0 amide bonds. The fourth-order valence-corrected chi connectivity index (χ4v) is 3.51. The van der Waals surface area contributed by atoms with Crippen LogP contribution in [-0.2, 0) is 0 Å². The molecule has 1 aliphatic heterocycles. The SMILES string of the molecule is CC1CC=CC(N2C3CCCCC32)C1. The smallest absolute Gasteiger partial charge is 0.0288 e. The summed E-state index contributed by atoms with van der Waals surface area (Å²) < 4.78 is 0. The Morgan fingerprint density at radius 2 is 1.86 bits per heavy atom. The summed E-state index contributed by atoms with van der Waals surface area (Å²) in [4.78, 5) is 2.79. The van der Waals surface area contributed by atoms with Crippen LogP contribution in [-0.4, -0.2) is 23.0 Å². The first kappa shape index (κ1) is 8.96. The molecule has 78 valence electrons. The zero-order chi connectivity index (χ0) is 9.54. The molecule has 4 unspecified atom stereocenters. The molecule has 0 aromatic heterocycles. The van der Waals surface area contributed by atoms with Crippen LogP contribution in [0, 0.1) is 5.92 Å². The van der Waals surface area contributed by atoms with Gasteiger partial charge in [0, 0.05) is 18.1 Å². The maximum Gasteiger partial charge on any atom is 0.0288 e. The van der Waals surface area contributed by atoms with Gasteiger partial charge >= 0.3 is 0 Å². The van der Waals surface area contributed by atoms with Gasteiger partial charge in [-0.3, -0.25) is 4.90 Å². The van der Waals surface area contributed by atoms with E-state index in [9.17, 15) is 0 Å². The molecule has 0 aromatic rings. The first-order valence-electron chi connectivity index (χ1n) is 6.30. The van der Waals surface area contributed by atoms with E-state index in [0.29, 0.717) is 0 Å². The Labute approximate surface area is 87.2 Å². The number of hydrogen-bond donors (Lipinski definition) is 0. The van der Waals surface area contributed by atoms with Crippen molar-refractivity contribution in [2.45, 2.75) is 63.6 Å². The van der Waals surface area contributed by atoms with Crippen LogP contribution < -0.4 is 0 Å². The lowest BCUT2D eigenvalue weighted by Gasteiger charge is -2.23. The molecular formula is C13H21N. The Morgan fingerprint density at radius 1 is 1.14 bits per heavy atom. The predicted molar refractivity (Wildman–Crippen MR) is 59.2 cm³/mol. The van der Waals surface area contributed by atoms with Crippen molar-refractivity contribution in [2.24, 2.45) is 5.92 Å². The van der Waals surface area contributed by atoms with Crippen molar-refractivity contribution >= 4 is 0 Å². The Bertz CT molecular complexity index is 234. The quantitative estimate of drug-likeness (QED) is 0.455. The highest BCUT2D eigenvalue weighted by Gasteiger charge is 2.51. The number of allylic oxidation sites excluding steroid dienone is 1. The highest BCUT2D eigenvalue weighted by atomic mass is 15.4. The minimum absolute atomic E-state index is 0.798. The standard InChI is InChI=1S/C13H21N/c1-10-5-4-6-11(9-10)14-12-7-2-3-8-13(12)14/h4,6,10-13H,2-3,5,7-9H2,1H3. The minimum Gasteiger partial charge on any atom is -0.288 e. The first-order valence-corrected chi connectivity index (χ1v) is 6.30. The van der Waals surface area contributed by atoms with E-state index in [0.717, 1.165) is 24.0 Å². The van der Waals surface area contributed by atoms with Gasteiger partial charge in [0.15, 0.2) is 0 Å². The number of rotatable bonds is 1. The van der Waals surface area contributed by atoms with Crippen molar-refractivity contribution in [1.29, 1.82) is 0 Å². The second kappa shape index (κ2) is 3.37. The normalized spacial score (nSPS) is 51.4. The van der Waals surface area contributed by atoms with Crippen LogP contribution in [0.3, 0.4) is 0 Å². The van der Waals surface area contributed by atoms with Crippen molar-refractivity contribution in [3.8, 4) is 0 Å². The second-order valence-electron chi connectivity index (χ2n) is 5.44. The van der Waals surface area contributed by atoms with Crippen LogP contribution >= 0.6 is 0 Å². The average Bonchev–Trinajstić information content (AvgIpc) is 2.91. The van der Waals surface area contributed by atoms with Crippen molar-refractivity contribution in [1.82, 2.24) is 4.90 Å². The van der Waals surface area contributed by atoms with E-state index >= 15 is 0 Å². The van der Waals surface area contributed by atoms with Gasteiger partial charge in [-0.25, -0.2) is 0 Å². The van der Waals surface area contributed by atoms with Gasteiger partial charge in [-0.15, -0.1) is 0 Å². The molecule has 0 radical (unpaired) electrons. The number of nitrogens with zero attached hydrogens (tertiary/aromatic N) is 1. The summed E-state index contributed by atoms with van der Waals surface area (Å²) in [5, 5.41) is 0. The van der Waals surface area contributed by atoms with Crippen LogP contribution in [0.4, 0.5) is 0 Å². The molecule has 1 heterocycles. The third-order valence-corrected chi connectivity index (χ3v) is 4.29. The van der Waals surface area contributed by atoms with Crippen molar-refractivity contribution in [3.63, 3.8) is 0 Å². The molecule has 1 saturated heterocycles. The summed E-state index contributed by atoms with van der Waals surface area (Å²) in [6.07, 6.45) is 13.5. The largest absolute Gasteiger partial charge is 0.288 e. The summed E-state index contributed by atoms with van der Waals surface area (Å²) >= 11 is 0. The van der Waals surface area contributed by atoms with Crippen molar-refractivity contribution in [3.05, 3.63) is 12.2 Å². The number of fused-ring (bicyclic) bond motifs is 1. The zero-order valence-electron chi connectivity index (χ0n) is 9.15. The van der Waals surface area contributed by atoms with Gasteiger partial charge in [0.1, 0.15) is 0 Å². The molecule has 3 aliphatic rings. The summed E-state index contributed by atoms with van der Waals surface area (Å²) in [5.41, 5.74) is 0. The molecule has 2 fully saturated rings. The third-order valence-electron chi connectivity index (χ3n) is 4.29. The lowest BCUT2D eigenvalue weighted by atomic mass is 9.93. The zero-order valence-corrected chi connectivity index (χ0v) is 9.15. The highest BCUT2D eigenvalue weighted by Crippen LogP contribution is 2.44. The van der Waals surface area contributed by atoms with E-state index in [1.807, 2.05) is 0 Å². The van der Waals surface area contributed by atoms with E-state index < -0.39 is 0 Å². The fourth-order valence-electron chi connectivity index (χ4n) is 3.51. The molecule has 1 saturated carbocycles. The molecule has 0 bridgehead atoms. The summed E-state index contributed by atoms with van der Waals surface area (Å²) in [5.74, 6) is 0.910. The van der Waals surface area contributed by atoms with Crippen molar-refractivity contribution in [2.75, 3.05) is 0 Å². The van der Waals surface area contributed by atoms with Gasteiger partial charge in [0.25, 0.3) is 0 Å². The monoisotopic (exact) mass is 191 g/mol. The minimum atomic E-state index is 0.798. The van der Waals surface area contributed by atoms with Gasteiger partial charge in [0.05, 0.1) is 0 Å². The molecule has 14 heavy (non-hydrogen) atoms. The van der Waals surface area contributed by atoms with Gasteiger partial charge in [0.2, 0.25) is 0 Å². The van der Waals surface area contributed by atoms with E-state index in [4.69, 9.17) is 0 Å². The van der Waals surface area contributed by atoms with Crippen LogP contribution in [0.25, 0.3) is 0 Å². The van der Waals surface area contributed by atoms with Crippen LogP contribution in [0.15, 0.2) is 12.2 Å². The van der Waals surface area contributed by atoms with Crippen LogP contribution in [0.5, 0.6) is 0 Å². The topological polar surface area (TPSA) is 3.01 Å². The van der Waals surface area contributed by atoms with Gasteiger partial charge < -0.3 is 0 Å². The maximum atomic E-state index is 2.79. The van der Waals surface area contributed by atoms with Crippen molar-refractivity contribution < 1.29 is 0 Å². The lowest BCUT2D eigenvalue weighted by molar-refractivity contribution is 0.328. The van der Waals surface area contributed by atoms with E-state index in [1.54, 1.807) is 0 Å². The lowest BCUT2D eigenvalue weighted by Crippen LogP contribution is -2.24. The number of hydrogen-bond acceptors (Lipinski definition) is 1. The Morgan fingerprint density at radius 3 is 2.50 bits per heavy atom. The fraction of sp³-hybridized carbons (Fsp3) is 0.846. The molecule has 0 N–H and O–H groups in total. The Kier molecular flexibility index (Phi) is 2.16. The van der Waals surface area contributed by atoms with Gasteiger partial charge in [-0.2, -0.15) is 0 Å². The molecule has 0 aromatic carbocycles. The maximum absolute atomic E-state index is 2.79. The average molecular weight is 191 g/mol. The Balaban J connectivity index is 1.66. The van der Waals surface area contributed by atoms with Crippen LogP contribution in [0.2, 0.25) is 0 Å². The van der Waals surface area contributed by atoms with E-state index in [-0.39, 0.29) is 0 Å². The Hall–Kier alpha value is -0.300. The molecule has 1 heteroatoms. The molecule has 4 atom stereocenters. The van der Waals surface area contributed by atoms with E-state index in [2.05, 4.69) is 24.0 Å². The first-order chi connectivity index (χ1) is 6.86. The highest BCUT2D eigenvalue weighted by molar-refractivity contribution is 5.13. The molecular weight excluding hydrogens is 170 g/mol. The molecule has 3 rings (SSSR count). The second-order valence-corrected chi connectivity index (χ2v) is 5.44.